The average Bonchev–Trinajstić information content (AvgIpc) is 1.75. The highest BCUT2D eigenvalue weighted by Gasteiger charge is 2.06. The third-order valence-electron chi connectivity index (χ3n) is 0.219. The molecule has 0 amide bonds. The highest BCUT2D eigenvalue weighted by Crippen LogP contribution is 1.88. The van der Waals surface area contributed by atoms with Gasteiger partial charge >= 0.3 is 0 Å². The molecule has 0 N–H and O–H groups in total. The van der Waals surface area contributed by atoms with Crippen molar-refractivity contribution in [2.24, 2.45) is 0 Å². The Kier molecular flexibility index (Phi) is 0.896. The Morgan fingerprint density at radius 2 is 1.75 bits per heavy atom. The summed E-state index contributed by atoms with van der Waals surface area (Å²) in [6, 6.07) is 0. The van der Waals surface area contributed by atoms with E-state index in [0.29, 0.717) is 0 Å². The number of hydrogen-bond donors (Lipinski definition) is 0. The molecule has 0 fully saturated rings. The first-order chi connectivity index (χ1) is 1.89. The molecule has 1 heterocycles. The van der Waals surface area contributed by atoms with Crippen molar-refractivity contribution in [3.05, 3.63) is 0 Å². The average molecular weight is 164 g/mol. The van der Waals surface area contributed by atoms with Gasteiger partial charge in [-0.05, 0) is 16.3 Å². The van der Waals surface area contributed by atoms with Crippen LogP contribution < -0.4 is 0 Å². The molecule has 1 aliphatic rings. The highest BCUT2D eigenvalue weighted by molar-refractivity contribution is 9.28. The fourth-order valence-corrected chi connectivity index (χ4v) is 9.94. The Balaban J connectivity index is 2.32. The lowest BCUT2D eigenvalue weighted by molar-refractivity contribution is 4.51. The lowest BCUT2D eigenvalue weighted by atomic mass is 27.0. The second-order valence-corrected chi connectivity index (χ2v) is 19.0. The molecule has 0 nitrogen and oxygen atoms in total. The molecule has 0 aliphatic carbocycles. The minimum Gasteiger partial charge on any atom is -0.129 e. The SMILES string of the molecule is Br[Si]1[Si]=[Si]1. The van der Waals surface area contributed by atoms with Crippen LogP contribution in [0.3, 0.4) is 0 Å². The van der Waals surface area contributed by atoms with Crippen molar-refractivity contribution < 1.29 is 0 Å². The summed E-state index contributed by atoms with van der Waals surface area (Å²) in [4.78, 5) is 0. The van der Waals surface area contributed by atoms with Crippen LogP contribution in [0, 0.1) is 0 Å². The highest BCUT2D eigenvalue weighted by atomic mass is 79.9. The Morgan fingerprint density at radius 1 is 1.50 bits per heavy atom. The molecule has 4 heavy (non-hydrogen) atoms. The molecule has 0 saturated heterocycles. The van der Waals surface area contributed by atoms with Crippen molar-refractivity contribution in [1.29, 1.82) is 0 Å². The molecular weight excluding hydrogens is 164 g/mol. The third kappa shape index (κ3) is 0.833. The molecule has 0 saturated carbocycles. The largest absolute Gasteiger partial charge is 0.142 e. The van der Waals surface area contributed by atoms with Crippen molar-refractivity contribution in [3.8, 4) is 0 Å². The van der Waals surface area contributed by atoms with Crippen LogP contribution in [0.25, 0.3) is 0 Å². The smallest absolute Gasteiger partial charge is 0.129 e. The van der Waals surface area contributed by atoms with Crippen LogP contribution in [0.2, 0.25) is 0 Å². The van der Waals surface area contributed by atoms with Gasteiger partial charge in [0.05, 0.1) is 0 Å². The third-order valence-corrected chi connectivity index (χ3v) is 16.6. The second-order valence-electron chi connectivity index (χ2n) is 0.564. The quantitative estimate of drug-likeness (QED) is 0.341. The van der Waals surface area contributed by atoms with Crippen LogP contribution in [-0.2, 0) is 0 Å². The van der Waals surface area contributed by atoms with E-state index in [9.17, 15) is 0 Å². The summed E-state index contributed by atoms with van der Waals surface area (Å²) in [7, 11) is 2.71. The molecule has 0 aromatic carbocycles. The summed E-state index contributed by atoms with van der Waals surface area (Å²) in [6.45, 7) is 0.238. The normalized spacial score (nSPS) is 22.2. The molecule has 1 rings (SSSR count). The molecule has 0 bridgehead atoms. The zero-order chi connectivity index (χ0) is 2.99. The summed E-state index contributed by atoms with van der Waals surface area (Å²) in [5.74, 6) is 0. The molecule has 3 radical (unpaired) electrons. The molecule has 4 heteroatoms. The molecule has 19 valence electrons. The van der Waals surface area contributed by atoms with E-state index in [1.807, 2.05) is 0 Å². The van der Waals surface area contributed by atoms with E-state index in [1.54, 1.807) is 0 Å². The van der Waals surface area contributed by atoms with Crippen LogP contribution in [0.5, 0.6) is 0 Å². The fraction of sp³-hybridized carbons (Fsp3) is 0. The van der Waals surface area contributed by atoms with Crippen LogP contribution in [0.1, 0.15) is 0 Å². The number of hydrogen-bond acceptors (Lipinski definition) is 0. The van der Waals surface area contributed by atoms with E-state index in [-0.39, 0.29) is 6.45 Å². The van der Waals surface area contributed by atoms with Gasteiger partial charge in [-0.25, -0.2) is 0 Å². The maximum absolute atomic E-state index is 3.51. The van der Waals surface area contributed by atoms with E-state index in [1.165, 1.54) is 16.3 Å². The van der Waals surface area contributed by atoms with Gasteiger partial charge in [-0.15, -0.1) is 15.3 Å². The molecule has 0 atom stereocenters. The Labute approximate surface area is 38.3 Å². The van der Waals surface area contributed by atoms with Crippen molar-refractivity contribution >= 4 is 38.0 Å². The lowest BCUT2D eigenvalue weighted by Crippen LogP contribution is -1.74. The van der Waals surface area contributed by atoms with Crippen molar-refractivity contribution in [3.63, 3.8) is 0 Å². The predicted octanol–water partition coefficient (Wildman–Crippen LogP) is -0.297. The van der Waals surface area contributed by atoms with Gasteiger partial charge in [0.1, 0.15) is 6.45 Å². The molecule has 1 aliphatic heterocycles. The predicted molar refractivity (Wildman–Crippen MR) is 26.2 cm³/mol. The van der Waals surface area contributed by atoms with Gasteiger partial charge in [-0.2, -0.15) is 0 Å². The first kappa shape index (κ1) is 3.33. The number of rotatable bonds is 0. The Hall–Kier alpha value is 1.13. The topological polar surface area (TPSA) is 0 Å². The summed E-state index contributed by atoms with van der Waals surface area (Å²) >= 11 is 3.51. The van der Waals surface area contributed by atoms with Crippen molar-refractivity contribution in [2.45, 2.75) is 0 Å². The fourth-order valence-electron chi connectivity index (χ4n) is 0.0236. The van der Waals surface area contributed by atoms with Crippen molar-refractivity contribution in [2.75, 3.05) is 0 Å². The second kappa shape index (κ2) is 1.08. The van der Waals surface area contributed by atoms with Gasteiger partial charge in [0.15, 0.2) is 0 Å². The van der Waals surface area contributed by atoms with E-state index >= 15 is 0 Å². The summed E-state index contributed by atoms with van der Waals surface area (Å²) in [6.07, 6.45) is 0. The molecule has 0 aromatic heterocycles. The van der Waals surface area contributed by atoms with E-state index in [4.69, 9.17) is 0 Å². The van der Waals surface area contributed by atoms with E-state index in [2.05, 4.69) is 15.3 Å². The van der Waals surface area contributed by atoms with Gasteiger partial charge in [-0.3, -0.25) is 0 Å². The van der Waals surface area contributed by atoms with Gasteiger partial charge < -0.3 is 0 Å². The minimum absolute atomic E-state index is 0.238. The molecule has 0 aromatic rings. The maximum Gasteiger partial charge on any atom is 0.142 e. The van der Waals surface area contributed by atoms with Gasteiger partial charge in [0.2, 0.25) is 0 Å². The number of halogens is 1. The van der Waals surface area contributed by atoms with Crippen LogP contribution in [-0.4, -0.2) is 22.7 Å². The summed E-state index contributed by atoms with van der Waals surface area (Å²) in [5, 5.41) is 0. The summed E-state index contributed by atoms with van der Waals surface area (Å²) in [5.41, 5.74) is 0. The Morgan fingerprint density at radius 3 is 1.75 bits per heavy atom. The van der Waals surface area contributed by atoms with Gasteiger partial charge in [0, 0.05) is 0 Å². The van der Waals surface area contributed by atoms with Crippen LogP contribution in [0.15, 0.2) is 0 Å². The lowest BCUT2D eigenvalue weighted by Gasteiger charge is -1.50. The molecule has 0 unspecified atom stereocenters. The van der Waals surface area contributed by atoms with E-state index in [0.717, 1.165) is 0 Å². The van der Waals surface area contributed by atoms with Gasteiger partial charge in [0.25, 0.3) is 0 Å². The zero-order valence-corrected chi connectivity index (χ0v) is 6.46. The maximum atomic E-state index is 3.51. The van der Waals surface area contributed by atoms with Crippen LogP contribution >= 0.6 is 15.3 Å². The summed E-state index contributed by atoms with van der Waals surface area (Å²) < 4.78 is 0. The standard InChI is InChI=1S/BrSi3/c1-4-2-3-4. The van der Waals surface area contributed by atoms with Crippen molar-refractivity contribution in [1.82, 2.24) is 0 Å². The minimum atomic E-state index is 0.238. The monoisotopic (exact) mass is 163 g/mol. The first-order valence-corrected chi connectivity index (χ1v) is 9.70. The molecular formula is BrSi3. The van der Waals surface area contributed by atoms with Crippen LogP contribution in [0.4, 0.5) is 0 Å². The van der Waals surface area contributed by atoms with E-state index < -0.39 is 0 Å². The Bertz CT molecular complexity index is 41.2. The van der Waals surface area contributed by atoms with Gasteiger partial charge in [-0.1, -0.05) is 0 Å². The molecule has 0 spiro atoms. The zero-order valence-electron chi connectivity index (χ0n) is 1.88. The first-order valence-electron chi connectivity index (χ1n) is 0.939.